The first-order valence-corrected chi connectivity index (χ1v) is 6.41. The normalized spacial score (nSPS) is 10.3. The van der Waals surface area contributed by atoms with Crippen LogP contribution in [0.1, 0.15) is 5.56 Å². The van der Waals surface area contributed by atoms with E-state index in [2.05, 4.69) is 5.32 Å². The maximum Gasteiger partial charge on any atom is 0.123 e. The lowest BCUT2D eigenvalue weighted by atomic mass is 10.2. The van der Waals surface area contributed by atoms with Crippen LogP contribution in [0.15, 0.2) is 42.5 Å². The van der Waals surface area contributed by atoms with Crippen LogP contribution in [0.5, 0.6) is 5.75 Å². The fourth-order valence-electron chi connectivity index (χ4n) is 1.65. The minimum atomic E-state index is -0.239. The van der Waals surface area contributed by atoms with E-state index < -0.39 is 0 Å². The highest BCUT2D eigenvalue weighted by Crippen LogP contribution is 2.22. The van der Waals surface area contributed by atoms with E-state index in [4.69, 9.17) is 16.3 Å². The van der Waals surface area contributed by atoms with E-state index in [1.165, 1.54) is 12.1 Å². The Morgan fingerprint density at radius 3 is 2.63 bits per heavy atom. The summed E-state index contributed by atoms with van der Waals surface area (Å²) in [5, 5.41) is 3.81. The van der Waals surface area contributed by atoms with Crippen LogP contribution >= 0.6 is 11.6 Å². The van der Waals surface area contributed by atoms with E-state index in [1.807, 2.05) is 19.1 Å². The molecule has 0 aliphatic rings. The molecule has 0 aromatic heterocycles. The lowest BCUT2D eigenvalue weighted by molar-refractivity contribution is 0.330. The number of anilines is 1. The van der Waals surface area contributed by atoms with Gasteiger partial charge in [-0.05, 0) is 48.9 Å². The third-order valence-electron chi connectivity index (χ3n) is 2.68. The smallest absolute Gasteiger partial charge is 0.123 e. The van der Waals surface area contributed by atoms with Crippen molar-refractivity contribution in [3.8, 4) is 5.75 Å². The molecule has 19 heavy (non-hydrogen) atoms. The molecule has 0 saturated heterocycles. The average molecular weight is 280 g/mol. The van der Waals surface area contributed by atoms with Crippen molar-refractivity contribution in [2.45, 2.75) is 6.92 Å². The predicted octanol–water partition coefficient (Wildman–Crippen LogP) is 4.28. The number of aryl methyl sites for hydroxylation is 1. The molecule has 4 heteroatoms. The second kappa shape index (κ2) is 6.43. The molecule has 0 aliphatic carbocycles. The van der Waals surface area contributed by atoms with Gasteiger partial charge in [-0.2, -0.15) is 0 Å². The molecule has 2 aromatic rings. The molecule has 100 valence electrons. The van der Waals surface area contributed by atoms with Crippen molar-refractivity contribution < 1.29 is 9.13 Å². The van der Waals surface area contributed by atoms with Crippen LogP contribution in [0.25, 0.3) is 0 Å². The van der Waals surface area contributed by atoms with Gasteiger partial charge in [0.25, 0.3) is 0 Å². The summed E-state index contributed by atoms with van der Waals surface area (Å²) in [6.45, 7) is 3.12. The van der Waals surface area contributed by atoms with E-state index in [-0.39, 0.29) is 5.82 Å². The molecule has 0 aliphatic heterocycles. The van der Waals surface area contributed by atoms with Gasteiger partial charge in [0.05, 0.1) is 0 Å². The minimum Gasteiger partial charge on any atom is -0.491 e. The monoisotopic (exact) mass is 279 g/mol. The summed E-state index contributed by atoms with van der Waals surface area (Å²) in [6.07, 6.45) is 0. The van der Waals surface area contributed by atoms with Crippen LogP contribution in [0, 0.1) is 12.7 Å². The lowest BCUT2D eigenvalue weighted by Crippen LogP contribution is -2.11. The summed E-state index contributed by atoms with van der Waals surface area (Å²) < 4.78 is 18.4. The summed E-state index contributed by atoms with van der Waals surface area (Å²) in [6, 6.07) is 11.8. The standard InChI is InChI=1S/C15H15ClFNO/c1-11-2-3-12(16)10-15(11)19-9-8-18-14-6-4-13(17)5-7-14/h2-7,10,18H,8-9H2,1H3. The van der Waals surface area contributed by atoms with Crippen LogP contribution < -0.4 is 10.1 Å². The van der Waals surface area contributed by atoms with Crippen molar-refractivity contribution in [1.29, 1.82) is 0 Å². The average Bonchev–Trinajstić information content (AvgIpc) is 2.40. The van der Waals surface area contributed by atoms with E-state index in [1.54, 1.807) is 18.2 Å². The Kier molecular flexibility index (Phi) is 4.63. The first kappa shape index (κ1) is 13.7. The Hall–Kier alpha value is -1.74. The number of hydrogen-bond acceptors (Lipinski definition) is 2. The fourth-order valence-corrected chi connectivity index (χ4v) is 1.82. The topological polar surface area (TPSA) is 21.3 Å². The Labute approximate surface area is 117 Å². The van der Waals surface area contributed by atoms with Gasteiger partial charge in [0, 0.05) is 17.3 Å². The zero-order chi connectivity index (χ0) is 13.7. The summed E-state index contributed by atoms with van der Waals surface area (Å²) in [4.78, 5) is 0. The van der Waals surface area contributed by atoms with Gasteiger partial charge in [-0.25, -0.2) is 4.39 Å². The van der Waals surface area contributed by atoms with E-state index in [0.717, 1.165) is 17.0 Å². The zero-order valence-corrected chi connectivity index (χ0v) is 11.4. The summed E-state index contributed by atoms with van der Waals surface area (Å²) in [7, 11) is 0. The third-order valence-corrected chi connectivity index (χ3v) is 2.92. The van der Waals surface area contributed by atoms with Gasteiger partial charge in [-0.1, -0.05) is 17.7 Å². The molecule has 0 fully saturated rings. The number of benzene rings is 2. The minimum absolute atomic E-state index is 0.239. The number of hydrogen-bond donors (Lipinski definition) is 1. The maximum atomic E-state index is 12.7. The molecule has 2 aromatic carbocycles. The number of halogens is 2. The molecular weight excluding hydrogens is 265 g/mol. The molecule has 0 heterocycles. The molecule has 0 spiro atoms. The van der Waals surface area contributed by atoms with Gasteiger partial charge in [-0.15, -0.1) is 0 Å². The molecular formula is C15H15ClFNO. The van der Waals surface area contributed by atoms with Gasteiger partial charge in [0.15, 0.2) is 0 Å². The number of nitrogens with one attached hydrogen (secondary N) is 1. The highest BCUT2D eigenvalue weighted by atomic mass is 35.5. The van der Waals surface area contributed by atoms with Gasteiger partial charge < -0.3 is 10.1 Å². The number of rotatable bonds is 5. The quantitative estimate of drug-likeness (QED) is 0.825. The Bertz CT molecular complexity index is 542. The van der Waals surface area contributed by atoms with Crippen molar-refractivity contribution in [2.75, 3.05) is 18.5 Å². The van der Waals surface area contributed by atoms with Crippen molar-refractivity contribution in [3.63, 3.8) is 0 Å². The lowest BCUT2D eigenvalue weighted by Gasteiger charge is -2.10. The highest BCUT2D eigenvalue weighted by Gasteiger charge is 2.00. The second-order valence-corrected chi connectivity index (χ2v) is 4.63. The third kappa shape index (κ3) is 4.14. The van der Waals surface area contributed by atoms with Crippen LogP contribution in [0.4, 0.5) is 10.1 Å². The Balaban J connectivity index is 1.80. The largest absolute Gasteiger partial charge is 0.491 e. The van der Waals surface area contributed by atoms with Gasteiger partial charge in [0.1, 0.15) is 18.2 Å². The van der Waals surface area contributed by atoms with Crippen LogP contribution in [-0.2, 0) is 0 Å². The summed E-state index contributed by atoms with van der Waals surface area (Å²) >= 11 is 5.91. The highest BCUT2D eigenvalue weighted by molar-refractivity contribution is 6.30. The first-order valence-electron chi connectivity index (χ1n) is 6.03. The van der Waals surface area contributed by atoms with Crippen molar-refractivity contribution in [2.24, 2.45) is 0 Å². The molecule has 2 rings (SSSR count). The van der Waals surface area contributed by atoms with Crippen molar-refractivity contribution >= 4 is 17.3 Å². The predicted molar refractivity (Wildman–Crippen MR) is 76.6 cm³/mol. The first-order chi connectivity index (χ1) is 9.15. The van der Waals surface area contributed by atoms with Gasteiger partial charge >= 0.3 is 0 Å². The van der Waals surface area contributed by atoms with Gasteiger partial charge in [0.2, 0.25) is 0 Å². The van der Waals surface area contributed by atoms with E-state index >= 15 is 0 Å². The van der Waals surface area contributed by atoms with E-state index in [9.17, 15) is 4.39 Å². The second-order valence-electron chi connectivity index (χ2n) is 4.19. The van der Waals surface area contributed by atoms with Crippen molar-refractivity contribution in [1.82, 2.24) is 0 Å². The molecule has 0 unspecified atom stereocenters. The van der Waals surface area contributed by atoms with E-state index in [0.29, 0.717) is 18.2 Å². The molecule has 2 nitrogen and oxygen atoms in total. The van der Waals surface area contributed by atoms with Crippen LogP contribution in [-0.4, -0.2) is 13.2 Å². The summed E-state index contributed by atoms with van der Waals surface area (Å²) in [5.41, 5.74) is 1.92. The van der Waals surface area contributed by atoms with Crippen LogP contribution in [0.3, 0.4) is 0 Å². The zero-order valence-electron chi connectivity index (χ0n) is 10.6. The molecule has 1 N–H and O–H groups in total. The molecule has 0 bridgehead atoms. The molecule has 0 radical (unpaired) electrons. The molecule has 0 atom stereocenters. The SMILES string of the molecule is Cc1ccc(Cl)cc1OCCNc1ccc(F)cc1. The Morgan fingerprint density at radius 2 is 1.89 bits per heavy atom. The summed E-state index contributed by atoms with van der Waals surface area (Å²) in [5.74, 6) is 0.546. The maximum absolute atomic E-state index is 12.7. The molecule has 0 amide bonds. The van der Waals surface area contributed by atoms with Crippen molar-refractivity contribution in [3.05, 3.63) is 58.9 Å². The van der Waals surface area contributed by atoms with Crippen LogP contribution in [0.2, 0.25) is 5.02 Å². The molecule has 0 saturated carbocycles. The fraction of sp³-hybridized carbons (Fsp3) is 0.200. The van der Waals surface area contributed by atoms with Gasteiger partial charge in [-0.3, -0.25) is 0 Å². The Morgan fingerprint density at radius 1 is 1.16 bits per heavy atom. The number of ether oxygens (including phenoxy) is 1.